The van der Waals surface area contributed by atoms with E-state index < -0.39 is 31.6 Å². The minimum Gasteiger partial charge on any atom is -0.363 e. The Morgan fingerprint density at radius 2 is 1.73 bits per heavy atom. The van der Waals surface area contributed by atoms with E-state index in [1.807, 2.05) is 6.07 Å². The van der Waals surface area contributed by atoms with E-state index in [9.17, 15) is 31.7 Å². The van der Waals surface area contributed by atoms with Gasteiger partial charge < -0.3 is 4.90 Å². The van der Waals surface area contributed by atoms with Crippen molar-refractivity contribution in [2.24, 2.45) is 0 Å². The van der Waals surface area contributed by atoms with Crippen molar-refractivity contribution in [3.05, 3.63) is 63.7 Å². The molecule has 0 aliphatic carbocycles. The Morgan fingerprint density at radius 3 is 2.30 bits per heavy atom. The topological polar surface area (TPSA) is 108 Å². The summed E-state index contributed by atoms with van der Waals surface area (Å²) >= 11 is 0. The van der Waals surface area contributed by atoms with Crippen molar-refractivity contribution in [3.63, 3.8) is 0 Å². The molecular formula is C18H15F3N4O4S. The van der Waals surface area contributed by atoms with Crippen LogP contribution in [0, 0.1) is 21.4 Å². The van der Waals surface area contributed by atoms with Gasteiger partial charge in [-0.05, 0) is 30.3 Å². The van der Waals surface area contributed by atoms with Gasteiger partial charge in [0.05, 0.1) is 27.0 Å². The monoisotopic (exact) mass is 440 g/mol. The van der Waals surface area contributed by atoms with Gasteiger partial charge in [0, 0.05) is 32.2 Å². The molecule has 0 amide bonds. The molecule has 0 spiro atoms. The lowest BCUT2D eigenvalue weighted by Gasteiger charge is -2.35. The SMILES string of the molecule is N#Cc1ccc([N+](=O)[O-])c(N2CCN(S(=O)(=O)c3cccc(C(F)(F)F)c3)CC2)c1. The first kappa shape index (κ1) is 21.5. The molecule has 1 aliphatic heterocycles. The van der Waals surface area contributed by atoms with Crippen LogP contribution in [0.25, 0.3) is 0 Å². The van der Waals surface area contributed by atoms with Crippen LogP contribution in [0.3, 0.4) is 0 Å². The molecule has 0 aromatic heterocycles. The molecular weight excluding hydrogens is 425 g/mol. The van der Waals surface area contributed by atoms with Crippen LogP contribution in [0.15, 0.2) is 47.4 Å². The number of hydrogen-bond donors (Lipinski definition) is 0. The summed E-state index contributed by atoms with van der Waals surface area (Å²) < 4.78 is 65.3. The predicted octanol–water partition coefficient (Wildman–Crippen LogP) is 3.00. The Kier molecular flexibility index (Phi) is 5.69. The average molecular weight is 440 g/mol. The van der Waals surface area contributed by atoms with E-state index in [2.05, 4.69) is 0 Å². The van der Waals surface area contributed by atoms with Crippen LogP contribution in [0.4, 0.5) is 24.5 Å². The molecule has 1 heterocycles. The summed E-state index contributed by atoms with van der Waals surface area (Å²) in [4.78, 5) is 11.8. The molecule has 0 bridgehead atoms. The van der Waals surface area contributed by atoms with Crippen molar-refractivity contribution in [2.75, 3.05) is 31.1 Å². The Morgan fingerprint density at radius 1 is 1.07 bits per heavy atom. The van der Waals surface area contributed by atoms with Gasteiger partial charge in [-0.1, -0.05) is 6.07 Å². The second-order valence-corrected chi connectivity index (χ2v) is 8.43. The van der Waals surface area contributed by atoms with Gasteiger partial charge in [0.15, 0.2) is 0 Å². The number of piperazine rings is 1. The normalized spacial score (nSPS) is 15.6. The molecule has 12 heteroatoms. The Bertz CT molecular complexity index is 1120. The molecule has 1 saturated heterocycles. The first-order chi connectivity index (χ1) is 14.0. The van der Waals surface area contributed by atoms with Crippen molar-refractivity contribution in [1.82, 2.24) is 4.31 Å². The Labute approximate surface area is 169 Å². The molecule has 8 nitrogen and oxygen atoms in total. The second-order valence-electron chi connectivity index (χ2n) is 6.49. The fourth-order valence-electron chi connectivity index (χ4n) is 3.15. The maximum atomic E-state index is 12.9. The van der Waals surface area contributed by atoms with Crippen LogP contribution in [-0.2, 0) is 16.2 Å². The summed E-state index contributed by atoms with van der Waals surface area (Å²) in [7, 11) is -4.17. The molecule has 158 valence electrons. The average Bonchev–Trinajstić information content (AvgIpc) is 2.72. The highest BCUT2D eigenvalue weighted by Crippen LogP contribution is 2.33. The van der Waals surface area contributed by atoms with Gasteiger partial charge in [-0.15, -0.1) is 0 Å². The number of halogens is 3. The van der Waals surface area contributed by atoms with Gasteiger partial charge in [0.25, 0.3) is 5.69 Å². The van der Waals surface area contributed by atoms with Crippen LogP contribution in [-0.4, -0.2) is 43.8 Å². The summed E-state index contributed by atoms with van der Waals surface area (Å²) in [5.41, 5.74) is -0.876. The zero-order chi connectivity index (χ0) is 22.1. The zero-order valence-electron chi connectivity index (χ0n) is 15.3. The number of hydrogen-bond acceptors (Lipinski definition) is 6. The van der Waals surface area contributed by atoms with E-state index >= 15 is 0 Å². The molecule has 30 heavy (non-hydrogen) atoms. The summed E-state index contributed by atoms with van der Waals surface area (Å²) in [6.07, 6.45) is -4.67. The molecule has 0 N–H and O–H groups in total. The van der Waals surface area contributed by atoms with Gasteiger partial charge in [0.2, 0.25) is 10.0 Å². The van der Waals surface area contributed by atoms with Gasteiger partial charge in [-0.2, -0.15) is 22.7 Å². The third-order valence-corrected chi connectivity index (χ3v) is 6.57. The highest BCUT2D eigenvalue weighted by Gasteiger charge is 2.34. The van der Waals surface area contributed by atoms with Crippen molar-refractivity contribution in [2.45, 2.75) is 11.1 Å². The number of nitro groups is 1. The van der Waals surface area contributed by atoms with E-state index in [4.69, 9.17) is 5.26 Å². The van der Waals surface area contributed by atoms with Crippen LogP contribution >= 0.6 is 0 Å². The molecule has 2 aromatic carbocycles. The maximum Gasteiger partial charge on any atom is 0.416 e. The van der Waals surface area contributed by atoms with Crippen molar-refractivity contribution >= 4 is 21.4 Å². The zero-order valence-corrected chi connectivity index (χ0v) is 16.2. The highest BCUT2D eigenvalue weighted by atomic mass is 32.2. The minimum atomic E-state index is -4.67. The number of sulfonamides is 1. The third kappa shape index (κ3) is 4.22. The molecule has 1 aliphatic rings. The number of alkyl halides is 3. The third-order valence-electron chi connectivity index (χ3n) is 4.68. The summed E-state index contributed by atoms with van der Waals surface area (Å²) in [5.74, 6) is 0. The fraction of sp³-hybridized carbons (Fsp3) is 0.278. The lowest BCUT2D eigenvalue weighted by molar-refractivity contribution is -0.384. The van der Waals surface area contributed by atoms with Crippen molar-refractivity contribution in [1.29, 1.82) is 5.26 Å². The highest BCUT2D eigenvalue weighted by molar-refractivity contribution is 7.89. The van der Waals surface area contributed by atoms with Crippen LogP contribution in [0.2, 0.25) is 0 Å². The number of nitrogens with zero attached hydrogens (tertiary/aromatic N) is 4. The molecule has 1 fully saturated rings. The molecule has 0 unspecified atom stereocenters. The summed E-state index contributed by atoms with van der Waals surface area (Å²) in [6.45, 7) is 0.000849. The summed E-state index contributed by atoms with van der Waals surface area (Å²) in [5, 5.41) is 20.3. The number of anilines is 1. The predicted molar refractivity (Wildman–Crippen MR) is 100 cm³/mol. The second kappa shape index (κ2) is 7.92. The molecule has 0 saturated carbocycles. The Hall–Kier alpha value is -3.17. The largest absolute Gasteiger partial charge is 0.416 e. The Balaban J connectivity index is 1.83. The number of benzene rings is 2. The van der Waals surface area contributed by atoms with E-state index in [1.165, 1.54) is 18.2 Å². The molecule has 0 atom stereocenters. The quantitative estimate of drug-likeness (QED) is 0.534. The lowest BCUT2D eigenvalue weighted by atomic mass is 10.1. The van der Waals surface area contributed by atoms with Crippen molar-refractivity contribution in [3.8, 4) is 6.07 Å². The fourth-order valence-corrected chi connectivity index (χ4v) is 4.62. The standard InChI is InChI=1S/C18H15F3N4O4S/c19-18(20,21)14-2-1-3-15(11-14)30(28,29)24-8-6-23(7-9-24)17-10-13(12-22)4-5-16(17)25(26)27/h1-5,10-11H,6-9H2. The van der Waals surface area contributed by atoms with Gasteiger partial charge >= 0.3 is 6.18 Å². The van der Waals surface area contributed by atoms with Gasteiger partial charge in [-0.25, -0.2) is 8.42 Å². The molecule has 0 radical (unpaired) electrons. The maximum absolute atomic E-state index is 12.9. The van der Waals surface area contributed by atoms with Gasteiger partial charge in [0.1, 0.15) is 5.69 Å². The summed E-state index contributed by atoms with van der Waals surface area (Å²) in [6, 6.07) is 9.28. The molecule has 2 aromatic rings. The van der Waals surface area contributed by atoms with E-state index in [1.54, 1.807) is 4.90 Å². The van der Waals surface area contributed by atoms with Gasteiger partial charge in [-0.3, -0.25) is 10.1 Å². The minimum absolute atomic E-state index is 0.0769. The number of nitriles is 1. The van der Waals surface area contributed by atoms with E-state index in [0.29, 0.717) is 6.07 Å². The lowest BCUT2D eigenvalue weighted by Crippen LogP contribution is -2.48. The van der Waals surface area contributed by atoms with Crippen molar-refractivity contribution < 1.29 is 26.5 Å². The van der Waals surface area contributed by atoms with E-state index in [-0.39, 0.29) is 43.1 Å². The first-order valence-electron chi connectivity index (χ1n) is 8.65. The molecule has 3 rings (SSSR count). The van der Waals surface area contributed by atoms with E-state index in [0.717, 1.165) is 22.5 Å². The van der Waals surface area contributed by atoms with Crippen LogP contribution in [0.1, 0.15) is 11.1 Å². The number of rotatable bonds is 4. The number of nitro benzene ring substituents is 1. The first-order valence-corrected chi connectivity index (χ1v) is 10.1. The van der Waals surface area contributed by atoms with Crippen LogP contribution in [0.5, 0.6) is 0 Å². The smallest absolute Gasteiger partial charge is 0.363 e. The van der Waals surface area contributed by atoms with Crippen LogP contribution < -0.4 is 4.90 Å².